The van der Waals surface area contributed by atoms with E-state index in [9.17, 15) is 18.7 Å². The number of benzene rings is 1. The van der Waals surface area contributed by atoms with Crippen LogP contribution in [0.15, 0.2) is 12.1 Å². The monoisotopic (exact) mass is 228 g/mol. The number of aryl methyl sites for hydroxylation is 1. The zero-order valence-corrected chi connectivity index (χ0v) is 9.42. The van der Waals surface area contributed by atoms with Crippen LogP contribution in [0.3, 0.4) is 0 Å². The number of halogens is 2. The van der Waals surface area contributed by atoms with E-state index in [0.29, 0.717) is 0 Å². The number of Topliss-reactive ketones (excluding diaryl/α,β-unsaturated/α-hetero) is 1. The first kappa shape index (κ1) is 12.8. The van der Waals surface area contributed by atoms with Crippen LogP contribution in [0, 0.1) is 24.5 Å². The van der Waals surface area contributed by atoms with E-state index in [0.717, 1.165) is 0 Å². The van der Waals surface area contributed by atoms with Crippen LogP contribution in [0.1, 0.15) is 29.8 Å². The van der Waals surface area contributed by atoms with E-state index in [1.165, 1.54) is 19.1 Å². The molecule has 0 amide bonds. The molecule has 1 unspecified atom stereocenters. The Morgan fingerprint density at radius 1 is 1.25 bits per heavy atom. The predicted octanol–water partition coefficient (Wildman–Crippen LogP) is 2.47. The van der Waals surface area contributed by atoms with Crippen molar-refractivity contribution in [2.45, 2.75) is 26.9 Å². The highest BCUT2D eigenvalue weighted by Crippen LogP contribution is 2.18. The van der Waals surface area contributed by atoms with Crippen molar-refractivity contribution in [1.82, 2.24) is 0 Å². The second kappa shape index (κ2) is 4.70. The van der Waals surface area contributed by atoms with Crippen LogP contribution in [-0.4, -0.2) is 17.0 Å². The second-order valence-electron chi connectivity index (χ2n) is 4.11. The fourth-order valence-electron chi connectivity index (χ4n) is 1.30. The molecule has 0 saturated heterocycles. The van der Waals surface area contributed by atoms with Gasteiger partial charge in [-0.05, 0) is 24.5 Å². The summed E-state index contributed by atoms with van der Waals surface area (Å²) in [5.74, 6) is -3.35. The molecule has 16 heavy (non-hydrogen) atoms. The molecule has 0 aliphatic heterocycles. The maximum atomic E-state index is 13.4. The number of carbonyl (C=O) groups is 1. The van der Waals surface area contributed by atoms with Crippen LogP contribution in [0.2, 0.25) is 0 Å². The lowest BCUT2D eigenvalue weighted by Crippen LogP contribution is -2.27. The molecule has 0 aliphatic carbocycles. The first-order valence-corrected chi connectivity index (χ1v) is 5.03. The van der Waals surface area contributed by atoms with Gasteiger partial charge in [0.1, 0.15) is 6.10 Å². The number of ketones is 1. The lowest BCUT2D eigenvalue weighted by Gasteiger charge is -2.14. The molecule has 1 aromatic rings. The average molecular weight is 228 g/mol. The van der Waals surface area contributed by atoms with Crippen LogP contribution >= 0.6 is 0 Å². The zero-order valence-electron chi connectivity index (χ0n) is 9.42. The van der Waals surface area contributed by atoms with Crippen molar-refractivity contribution in [2.75, 3.05) is 0 Å². The number of hydrogen-bond donors (Lipinski definition) is 1. The lowest BCUT2D eigenvalue weighted by atomic mass is 9.96. The molecule has 4 heteroatoms. The SMILES string of the molecule is Cc1ccc(C(=O)C(O)C(C)C)c(F)c1F. The summed E-state index contributed by atoms with van der Waals surface area (Å²) in [5.41, 5.74) is -0.266. The van der Waals surface area contributed by atoms with Gasteiger partial charge in [-0.15, -0.1) is 0 Å². The van der Waals surface area contributed by atoms with Gasteiger partial charge in [-0.25, -0.2) is 8.78 Å². The smallest absolute Gasteiger partial charge is 0.194 e. The third-order valence-corrected chi connectivity index (χ3v) is 2.44. The van der Waals surface area contributed by atoms with Gasteiger partial charge in [-0.1, -0.05) is 19.9 Å². The molecule has 2 nitrogen and oxygen atoms in total. The summed E-state index contributed by atoms with van der Waals surface area (Å²) in [6.45, 7) is 4.67. The Hall–Kier alpha value is -1.29. The third kappa shape index (κ3) is 2.27. The van der Waals surface area contributed by atoms with Crippen molar-refractivity contribution in [3.05, 3.63) is 34.9 Å². The molecule has 1 aromatic carbocycles. The van der Waals surface area contributed by atoms with E-state index in [1.807, 2.05) is 0 Å². The summed E-state index contributed by atoms with van der Waals surface area (Å²) >= 11 is 0. The van der Waals surface area contributed by atoms with Crippen molar-refractivity contribution in [2.24, 2.45) is 5.92 Å². The minimum Gasteiger partial charge on any atom is -0.385 e. The van der Waals surface area contributed by atoms with Gasteiger partial charge >= 0.3 is 0 Å². The van der Waals surface area contributed by atoms with Crippen molar-refractivity contribution < 1.29 is 18.7 Å². The molecule has 1 N–H and O–H groups in total. The van der Waals surface area contributed by atoms with E-state index < -0.39 is 29.1 Å². The average Bonchev–Trinajstić information content (AvgIpc) is 2.24. The molecule has 1 atom stereocenters. The van der Waals surface area contributed by atoms with Crippen LogP contribution in [0.4, 0.5) is 8.78 Å². The fraction of sp³-hybridized carbons (Fsp3) is 0.417. The number of rotatable bonds is 3. The summed E-state index contributed by atoms with van der Waals surface area (Å²) < 4.78 is 26.6. The minimum atomic E-state index is -1.31. The van der Waals surface area contributed by atoms with Gasteiger partial charge in [-0.3, -0.25) is 4.79 Å². The van der Waals surface area contributed by atoms with Gasteiger partial charge in [0.05, 0.1) is 5.56 Å². The first-order chi connectivity index (χ1) is 7.36. The molecule has 0 aromatic heterocycles. The Kier molecular flexibility index (Phi) is 3.75. The van der Waals surface area contributed by atoms with Crippen LogP contribution < -0.4 is 0 Å². The third-order valence-electron chi connectivity index (χ3n) is 2.44. The fourth-order valence-corrected chi connectivity index (χ4v) is 1.30. The van der Waals surface area contributed by atoms with E-state index in [1.54, 1.807) is 13.8 Å². The Morgan fingerprint density at radius 2 is 1.81 bits per heavy atom. The summed E-state index contributed by atoms with van der Waals surface area (Å²) in [6.07, 6.45) is -1.31. The van der Waals surface area contributed by atoms with Gasteiger partial charge in [0.2, 0.25) is 0 Å². The van der Waals surface area contributed by atoms with Gasteiger partial charge in [0, 0.05) is 0 Å². The molecule has 88 valence electrons. The molecule has 1 rings (SSSR count). The Labute approximate surface area is 92.9 Å². The molecule has 0 spiro atoms. The van der Waals surface area contributed by atoms with Crippen LogP contribution in [-0.2, 0) is 0 Å². The molecule has 0 fully saturated rings. The summed E-state index contributed by atoms with van der Waals surface area (Å²) in [7, 11) is 0. The summed E-state index contributed by atoms with van der Waals surface area (Å²) in [4.78, 5) is 11.6. The number of carbonyl (C=O) groups excluding carboxylic acids is 1. The quantitative estimate of drug-likeness (QED) is 0.807. The van der Waals surface area contributed by atoms with Crippen molar-refractivity contribution in [3.8, 4) is 0 Å². The van der Waals surface area contributed by atoms with E-state index in [-0.39, 0.29) is 11.5 Å². The molecule has 0 saturated carbocycles. The molecular formula is C12H14F2O2. The van der Waals surface area contributed by atoms with Crippen LogP contribution in [0.25, 0.3) is 0 Å². The Bertz CT molecular complexity index is 414. The maximum Gasteiger partial charge on any atom is 0.194 e. The molecular weight excluding hydrogens is 214 g/mol. The Morgan fingerprint density at radius 3 is 2.31 bits per heavy atom. The molecule has 0 bridgehead atoms. The molecule has 0 radical (unpaired) electrons. The zero-order chi connectivity index (χ0) is 12.5. The van der Waals surface area contributed by atoms with E-state index in [2.05, 4.69) is 0 Å². The molecule has 0 aliphatic rings. The van der Waals surface area contributed by atoms with Crippen LogP contribution in [0.5, 0.6) is 0 Å². The topological polar surface area (TPSA) is 37.3 Å². The lowest BCUT2D eigenvalue weighted by molar-refractivity contribution is 0.0642. The maximum absolute atomic E-state index is 13.4. The summed E-state index contributed by atoms with van der Waals surface area (Å²) in [5, 5.41) is 9.49. The van der Waals surface area contributed by atoms with E-state index in [4.69, 9.17) is 0 Å². The summed E-state index contributed by atoms with van der Waals surface area (Å²) in [6, 6.07) is 2.51. The number of aliphatic hydroxyl groups is 1. The van der Waals surface area contributed by atoms with Crippen molar-refractivity contribution >= 4 is 5.78 Å². The second-order valence-corrected chi connectivity index (χ2v) is 4.11. The number of aliphatic hydroxyl groups excluding tert-OH is 1. The van der Waals surface area contributed by atoms with E-state index >= 15 is 0 Å². The highest BCUT2D eigenvalue weighted by molar-refractivity contribution is 5.99. The van der Waals surface area contributed by atoms with Gasteiger partial charge in [-0.2, -0.15) is 0 Å². The van der Waals surface area contributed by atoms with Gasteiger partial charge in [0.25, 0.3) is 0 Å². The van der Waals surface area contributed by atoms with Crippen molar-refractivity contribution in [3.63, 3.8) is 0 Å². The Balaban J connectivity index is 3.15. The largest absolute Gasteiger partial charge is 0.385 e. The minimum absolute atomic E-state index is 0.132. The number of hydrogen-bond acceptors (Lipinski definition) is 2. The van der Waals surface area contributed by atoms with Gasteiger partial charge in [0.15, 0.2) is 17.4 Å². The highest BCUT2D eigenvalue weighted by Gasteiger charge is 2.25. The first-order valence-electron chi connectivity index (χ1n) is 5.03. The predicted molar refractivity (Wildman–Crippen MR) is 56.3 cm³/mol. The normalized spacial score (nSPS) is 12.9. The highest BCUT2D eigenvalue weighted by atomic mass is 19.2. The van der Waals surface area contributed by atoms with Gasteiger partial charge < -0.3 is 5.11 Å². The van der Waals surface area contributed by atoms with Crippen molar-refractivity contribution in [1.29, 1.82) is 0 Å². The molecule has 0 heterocycles. The standard InChI is InChI=1S/C12H14F2O2/c1-6(2)11(15)12(16)8-5-4-7(3)9(13)10(8)14/h4-6,11,15H,1-3H3.